The van der Waals surface area contributed by atoms with Crippen LogP contribution in [0.4, 0.5) is 0 Å². The highest BCUT2D eigenvalue weighted by Gasteiger charge is 2.28. The molecule has 1 heterocycles. The Morgan fingerprint density at radius 1 is 0.721 bits per heavy atom. The van der Waals surface area contributed by atoms with Gasteiger partial charge in [0.2, 0.25) is 0 Å². The minimum absolute atomic E-state index is 0. The van der Waals surface area contributed by atoms with Crippen LogP contribution in [0.2, 0.25) is 0 Å². The van der Waals surface area contributed by atoms with Gasteiger partial charge in [-0.05, 0) is 80.5 Å². The van der Waals surface area contributed by atoms with Crippen molar-refractivity contribution in [2.24, 2.45) is 0 Å². The van der Waals surface area contributed by atoms with Gasteiger partial charge >= 0.3 is 0 Å². The molecule has 0 amide bonds. The number of hydrogen-bond acceptors (Lipinski definition) is 3. The summed E-state index contributed by atoms with van der Waals surface area (Å²) in [7, 11) is -3.65. The average molecular weight is 680 g/mol. The molecule has 0 bridgehead atoms. The normalized spacial score (nSPS) is 12.2. The van der Waals surface area contributed by atoms with Crippen molar-refractivity contribution in [3.8, 4) is 0 Å². The number of sulfonamides is 1. The Balaban J connectivity index is 0.00000423. The first kappa shape index (κ1) is 33.3. The third-order valence-corrected chi connectivity index (χ3v) is 12.0. The molecule has 0 aliphatic carbocycles. The topological polar surface area (TPSA) is 37.4 Å². The highest BCUT2D eigenvalue weighted by atomic mass is 79.9. The van der Waals surface area contributed by atoms with Crippen LogP contribution in [-0.4, -0.2) is 43.4 Å². The van der Waals surface area contributed by atoms with Crippen molar-refractivity contribution in [3.05, 3.63) is 113 Å². The average Bonchev–Trinajstić information content (AvgIpc) is 3.43. The highest BCUT2D eigenvalue weighted by molar-refractivity contribution is 7.91. The van der Waals surface area contributed by atoms with Gasteiger partial charge in [0.1, 0.15) is 10.8 Å². The molecule has 0 saturated carbocycles. The van der Waals surface area contributed by atoms with Crippen molar-refractivity contribution < 1.29 is 29.9 Å². The highest BCUT2D eigenvalue weighted by Crippen LogP contribution is 2.32. The van der Waals surface area contributed by atoms with Gasteiger partial charge in [-0.15, -0.1) is 11.3 Å². The molecule has 1 aromatic heterocycles. The first-order chi connectivity index (χ1) is 20.2. The van der Waals surface area contributed by atoms with Crippen LogP contribution in [0.15, 0.2) is 95.2 Å². The second-order valence-corrected chi connectivity index (χ2v) is 14.9. The molecule has 0 fully saturated rings. The minimum atomic E-state index is -3.65. The maximum atomic E-state index is 14.1. The number of nitrogens with zero attached hydrogens (tertiary/aromatic N) is 2. The molecular weight excluding hydrogens is 636 g/mol. The van der Waals surface area contributed by atoms with E-state index >= 15 is 0 Å². The Morgan fingerprint density at radius 2 is 1.37 bits per heavy atom. The smallest absolute Gasteiger partial charge is 0.252 e. The van der Waals surface area contributed by atoms with Gasteiger partial charge in [0.15, 0.2) is 0 Å². The standard InChI is InChI=1S/C36H43N2O2S2.BrH/c1-5-38(6-2,27-31-22-28(3)21-29(4)23-31)20-12-11-19-37(26-30-17-18-32-13-7-8-14-33(32)24-30)42(39,40)36-25-34-15-9-10-16-35(34)41-36;/h7-10,13-18,21-25H,5-6,11-12,19-20,26-27H2,1-4H3;1H/q+1;/p-1. The lowest BCUT2D eigenvalue weighted by Crippen LogP contribution is -3.00. The lowest BCUT2D eigenvalue weighted by molar-refractivity contribution is -0.938. The number of rotatable bonds is 13. The molecule has 0 radical (unpaired) electrons. The van der Waals surface area contributed by atoms with Crippen LogP contribution >= 0.6 is 11.3 Å². The molecule has 228 valence electrons. The number of benzene rings is 4. The number of thiophene rings is 1. The van der Waals surface area contributed by atoms with Crippen LogP contribution in [0.5, 0.6) is 0 Å². The Kier molecular flexibility index (Phi) is 11.2. The molecule has 5 aromatic rings. The van der Waals surface area contributed by atoms with Gasteiger partial charge in [0.05, 0.1) is 19.6 Å². The summed E-state index contributed by atoms with van der Waals surface area (Å²) in [6.07, 6.45) is 1.80. The number of halogens is 1. The number of unbranched alkanes of at least 4 members (excludes halogenated alkanes) is 1. The fourth-order valence-corrected chi connectivity index (χ4v) is 9.18. The summed E-state index contributed by atoms with van der Waals surface area (Å²) < 4.78 is 32.4. The van der Waals surface area contributed by atoms with E-state index in [-0.39, 0.29) is 17.0 Å². The summed E-state index contributed by atoms with van der Waals surface area (Å²) in [6, 6.07) is 31.1. The summed E-state index contributed by atoms with van der Waals surface area (Å²) in [4.78, 5) is 0. The Bertz CT molecular complexity index is 1720. The van der Waals surface area contributed by atoms with E-state index < -0.39 is 10.0 Å². The zero-order chi connectivity index (χ0) is 29.7. The molecule has 0 spiro atoms. The second kappa shape index (κ2) is 14.5. The number of fused-ring (bicyclic) bond motifs is 2. The maximum Gasteiger partial charge on any atom is 0.252 e. The first-order valence-corrected chi connectivity index (χ1v) is 17.4. The van der Waals surface area contributed by atoms with E-state index in [1.54, 1.807) is 4.31 Å². The maximum absolute atomic E-state index is 14.1. The van der Waals surface area contributed by atoms with Crippen molar-refractivity contribution in [1.82, 2.24) is 4.31 Å². The van der Waals surface area contributed by atoms with E-state index in [4.69, 9.17) is 0 Å². The fourth-order valence-electron chi connectivity index (χ4n) is 6.16. The fraction of sp³-hybridized carbons (Fsp3) is 0.333. The van der Waals surface area contributed by atoms with E-state index in [2.05, 4.69) is 76.2 Å². The Labute approximate surface area is 272 Å². The minimum Gasteiger partial charge on any atom is -1.00 e. The zero-order valence-corrected chi connectivity index (χ0v) is 28.9. The van der Waals surface area contributed by atoms with E-state index in [9.17, 15) is 8.42 Å². The summed E-state index contributed by atoms with van der Waals surface area (Å²) in [5.74, 6) is 0. The Morgan fingerprint density at radius 3 is 2.05 bits per heavy atom. The molecular formula is C36H43BrN2O2S2. The van der Waals surface area contributed by atoms with E-state index in [1.807, 2.05) is 42.5 Å². The molecule has 5 rings (SSSR count). The molecule has 0 aliphatic rings. The van der Waals surface area contributed by atoms with Crippen molar-refractivity contribution >= 4 is 42.2 Å². The van der Waals surface area contributed by atoms with Gasteiger partial charge in [-0.25, -0.2) is 8.42 Å². The van der Waals surface area contributed by atoms with Crippen LogP contribution in [0.3, 0.4) is 0 Å². The first-order valence-electron chi connectivity index (χ1n) is 15.1. The zero-order valence-electron chi connectivity index (χ0n) is 25.7. The molecule has 0 atom stereocenters. The molecule has 7 heteroatoms. The lowest BCUT2D eigenvalue weighted by Gasteiger charge is -2.37. The van der Waals surface area contributed by atoms with Gasteiger partial charge < -0.3 is 21.5 Å². The quantitative estimate of drug-likeness (QED) is 0.118. The third-order valence-electron chi connectivity index (χ3n) is 8.60. The van der Waals surface area contributed by atoms with E-state index in [0.717, 1.165) is 69.9 Å². The summed E-state index contributed by atoms with van der Waals surface area (Å²) >= 11 is 1.37. The summed E-state index contributed by atoms with van der Waals surface area (Å²) in [5, 5.41) is 3.27. The van der Waals surface area contributed by atoms with Crippen molar-refractivity contribution in [2.45, 2.75) is 57.8 Å². The van der Waals surface area contributed by atoms with E-state index in [1.165, 1.54) is 28.0 Å². The largest absolute Gasteiger partial charge is 1.00 e. The van der Waals surface area contributed by atoms with Gasteiger partial charge in [0, 0.05) is 23.4 Å². The van der Waals surface area contributed by atoms with Crippen LogP contribution in [0.1, 0.15) is 48.9 Å². The molecule has 0 unspecified atom stereocenters. The lowest BCUT2D eigenvalue weighted by atomic mass is 10.1. The number of aryl methyl sites for hydroxylation is 2. The number of quaternary nitrogens is 1. The molecule has 4 aromatic carbocycles. The third kappa shape index (κ3) is 7.95. The van der Waals surface area contributed by atoms with Crippen molar-refractivity contribution in [2.75, 3.05) is 26.2 Å². The molecule has 43 heavy (non-hydrogen) atoms. The van der Waals surface area contributed by atoms with Crippen molar-refractivity contribution in [3.63, 3.8) is 0 Å². The second-order valence-electron chi connectivity index (χ2n) is 11.7. The molecule has 0 aliphatic heterocycles. The molecule has 0 N–H and O–H groups in total. The monoisotopic (exact) mass is 678 g/mol. The SMILES string of the molecule is CC[N+](CC)(CCCCN(Cc1ccc2ccccc2c1)S(=O)(=O)c1cc2ccccc2s1)Cc1cc(C)cc(C)c1.[Br-]. The van der Waals surface area contributed by atoms with Gasteiger partial charge in [0.25, 0.3) is 10.0 Å². The van der Waals surface area contributed by atoms with Crippen molar-refractivity contribution in [1.29, 1.82) is 0 Å². The molecule has 4 nitrogen and oxygen atoms in total. The van der Waals surface area contributed by atoms with Gasteiger partial charge in [-0.1, -0.05) is 83.9 Å². The van der Waals surface area contributed by atoms with Crippen LogP contribution in [0.25, 0.3) is 20.9 Å². The van der Waals surface area contributed by atoms with E-state index in [0.29, 0.717) is 17.3 Å². The number of hydrogen-bond donors (Lipinski definition) is 0. The predicted molar refractivity (Wildman–Crippen MR) is 178 cm³/mol. The predicted octanol–water partition coefficient (Wildman–Crippen LogP) is 5.70. The van der Waals surface area contributed by atoms with Crippen LogP contribution < -0.4 is 17.0 Å². The van der Waals surface area contributed by atoms with Gasteiger partial charge in [-0.2, -0.15) is 4.31 Å². The van der Waals surface area contributed by atoms with Crippen LogP contribution in [0, 0.1) is 13.8 Å². The summed E-state index contributed by atoms with van der Waals surface area (Å²) in [6.45, 7) is 13.9. The summed E-state index contributed by atoms with van der Waals surface area (Å²) in [5.41, 5.74) is 5.03. The van der Waals surface area contributed by atoms with Crippen LogP contribution in [-0.2, 0) is 23.1 Å². The molecule has 0 saturated heterocycles. The Hall–Kier alpha value is -2.55. The van der Waals surface area contributed by atoms with Gasteiger partial charge in [-0.3, -0.25) is 0 Å².